The topological polar surface area (TPSA) is 55.6 Å². The highest BCUT2D eigenvalue weighted by atomic mass is 32.1. The van der Waals surface area contributed by atoms with Crippen molar-refractivity contribution < 1.29 is 9.53 Å². The highest BCUT2D eigenvalue weighted by Crippen LogP contribution is 2.15. The van der Waals surface area contributed by atoms with Crippen molar-refractivity contribution in [3.05, 3.63) is 44.8 Å². The molecule has 6 heteroatoms. The number of thiophene rings is 2. The number of carbonyl (C=O) groups is 1. The van der Waals surface area contributed by atoms with Crippen LogP contribution >= 0.6 is 22.7 Å². The summed E-state index contributed by atoms with van der Waals surface area (Å²) < 4.78 is 5.43. The Balaban J connectivity index is 1.90. The molecule has 23 heavy (non-hydrogen) atoms. The molecule has 2 aromatic rings. The number of carbonyl (C=O) groups excluding carboxylic acids is 1. The average Bonchev–Trinajstić information content (AvgIpc) is 3.23. The Hall–Kier alpha value is -1.37. The van der Waals surface area contributed by atoms with Gasteiger partial charge in [-0.05, 0) is 51.2 Å². The van der Waals surface area contributed by atoms with E-state index in [1.165, 1.54) is 0 Å². The van der Waals surface area contributed by atoms with E-state index in [9.17, 15) is 4.79 Å². The molecule has 0 bridgehead atoms. The van der Waals surface area contributed by atoms with Crippen LogP contribution in [0.15, 0.2) is 33.7 Å². The van der Waals surface area contributed by atoms with Crippen molar-refractivity contribution in [2.24, 2.45) is 5.73 Å². The normalized spacial score (nSPS) is 12.1. The van der Waals surface area contributed by atoms with Gasteiger partial charge in [0, 0.05) is 6.04 Å². The van der Waals surface area contributed by atoms with Gasteiger partial charge in [0.15, 0.2) is 0 Å². The molecule has 2 rings (SSSR count). The van der Waals surface area contributed by atoms with Gasteiger partial charge in [-0.3, -0.25) is 4.90 Å². The Kier molecular flexibility index (Phi) is 7.58. The van der Waals surface area contributed by atoms with Gasteiger partial charge in [0.25, 0.3) is 0 Å². The van der Waals surface area contributed by atoms with Gasteiger partial charge >= 0.3 is 6.09 Å². The lowest BCUT2D eigenvalue weighted by molar-refractivity contribution is 0.0908. The minimum Gasteiger partial charge on any atom is -0.448 e. The van der Waals surface area contributed by atoms with Gasteiger partial charge in [-0.1, -0.05) is 19.8 Å². The van der Waals surface area contributed by atoms with E-state index in [4.69, 9.17) is 10.5 Å². The molecule has 1 unspecified atom stereocenters. The molecule has 0 radical (unpaired) electrons. The Labute approximate surface area is 145 Å². The van der Waals surface area contributed by atoms with Crippen LogP contribution in [0.5, 0.6) is 0 Å². The van der Waals surface area contributed by atoms with Crippen LogP contribution in [0.4, 0.5) is 4.79 Å². The zero-order valence-corrected chi connectivity index (χ0v) is 15.1. The fourth-order valence-electron chi connectivity index (χ4n) is 2.21. The Morgan fingerprint density at radius 2 is 1.83 bits per heavy atom. The van der Waals surface area contributed by atoms with Gasteiger partial charge in [0.2, 0.25) is 0 Å². The predicted octanol–water partition coefficient (Wildman–Crippen LogP) is 4.47. The minimum atomic E-state index is -0.297. The summed E-state index contributed by atoms with van der Waals surface area (Å²) in [6.07, 6.45) is 2.75. The van der Waals surface area contributed by atoms with E-state index in [0.717, 1.165) is 30.4 Å². The summed E-state index contributed by atoms with van der Waals surface area (Å²) in [7, 11) is 0. The molecule has 0 saturated carbocycles. The molecule has 0 saturated heterocycles. The van der Waals surface area contributed by atoms with Crippen molar-refractivity contribution in [3.63, 3.8) is 0 Å². The number of amides is 1. The highest BCUT2D eigenvalue weighted by Gasteiger charge is 2.17. The number of ether oxygens (including phenoxy) is 1. The highest BCUT2D eigenvalue weighted by molar-refractivity contribution is 7.08. The molecule has 0 aliphatic rings. The molecule has 4 nitrogen and oxygen atoms in total. The maximum atomic E-state index is 12.4. The quantitative estimate of drug-likeness (QED) is 0.724. The van der Waals surface area contributed by atoms with Crippen LogP contribution < -0.4 is 5.73 Å². The van der Waals surface area contributed by atoms with E-state index >= 15 is 0 Å². The second-order valence-corrected chi connectivity index (χ2v) is 7.16. The summed E-state index contributed by atoms with van der Waals surface area (Å²) >= 11 is 3.26. The summed E-state index contributed by atoms with van der Waals surface area (Å²) in [4.78, 5) is 14.2. The van der Waals surface area contributed by atoms with Crippen LogP contribution in [-0.2, 0) is 17.8 Å². The Morgan fingerprint density at radius 1 is 1.22 bits per heavy atom. The van der Waals surface area contributed by atoms with Gasteiger partial charge in [-0.25, -0.2) is 4.79 Å². The van der Waals surface area contributed by atoms with Crippen molar-refractivity contribution in [1.29, 1.82) is 0 Å². The van der Waals surface area contributed by atoms with Crippen LogP contribution in [-0.4, -0.2) is 23.6 Å². The molecule has 0 fully saturated rings. The van der Waals surface area contributed by atoms with E-state index in [0.29, 0.717) is 13.1 Å². The number of hydrogen-bond acceptors (Lipinski definition) is 5. The summed E-state index contributed by atoms with van der Waals surface area (Å²) in [6, 6.07) is 3.99. The molecule has 2 aromatic heterocycles. The number of nitrogens with two attached hydrogens (primary N) is 1. The van der Waals surface area contributed by atoms with Crippen LogP contribution in [0.3, 0.4) is 0 Å². The molecule has 0 spiro atoms. The van der Waals surface area contributed by atoms with Crippen molar-refractivity contribution in [2.75, 3.05) is 6.61 Å². The number of hydrogen-bond donors (Lipinski definition) is 1. The second kappa shape index (κ2) is 9.70. The van der Waals surface area contributed by atoms with Crippen LogP contribution in [0.2, 0.25) is 0 Å². The molecule has 2 N–H and O–H groups in total. The van der Waals surface area contributed by atoms with E-state index < -0.39 is 0 Å². The maximum absolute atomic E-state index is 12.4. The third kappa shape index (κ3) is 6.33. The first-order chi connectivity index (χ1) is 11.2. The van der Waals surface area contributed by atoms with Crippen molar-refractivity contribution >= 4 is 28.8 Å². The van der Waals surface area contributed by atoms with E-state index in [1.807, 2.05) is 22.9 Å². The lowest BCUT2D eigenvalue weighted by atomic mass is 10.1. The smallest absolute Gasteiger partial charge is 0.410 e. The minimum absolute atomic E-state index is 0.0805. The fourth-order valence-corrected chi connectivity index (χ4v) is 3.53. The predicted molar refractivity (Wildman–Crippen MR) is 96.7 cm³/mol. The summed E-state index contributed by atoms with van der Waals surface area (Å²) in [6.45, 7) is 3.52. The number of nitrogens with zero attached hydrogens (tertiary/aromatic N) is 1. The molecule has 0 aliphatic carbocycles. The molecular formula is C17H24N2O2S2. The molecule has 0 aliphatic heterocycles. The van der Waals surface area contributed by atoms with Gasteiger partial charge in [-0.2, -0.15) is 22.7 Å². The van der Waals surface area contributed by atoms with Crippen LogP contribution in [0, 0.1) is 0 Å². The average molecular weight is 353 g/mol. The largest absolute Gasteiger partial charge is 0.448 e. The maximum Gasteiger partial charge on any atom is 0.410 e. The van der Waals surface area contributed by atoms with Gasteiger partial charge < -0.3 is 10.5 Å². The van der Waals surface area contributed by atoms with Gasteiger partial charge in [0.1, 0.15) is 6.61 Å². The zero-order valence-electron chi connectivity index (χ0n) is 13.4. The lowest BCUT2D eigenvalue weighted by Gasteiger charge is -2.22. The van der Waals surface area contributed by atoms with Crippen LogP contribution in [0.25, 0.3) is 0 Å². The van der Waals surface area contributed by atoms with E-state index in [-0.39, 0.29) is 18.7 Å². The zero-order chi connectivity index (χ0) is 16.5. The molecule has 1 amide bonds. The Bertz CT molecular complexity index is 519. The summed E-state index contributed by atoms with van der Waals surface area (Å²) in [5.74, 6) is 0. The first kappa shape index (κ1) is 18.0. The summed E-state index contributed by atoms with van der Waals surface area (Å²) in [5.41, 5.74) is 8.23. The third-order valence-electron chi connectivity index (χ3n) is 3.51. The first-order valence-corrected chi connectivity index (χ1v) is 9.77. The Morgan fingerprint density at radius 3 is 2.30 bits per heavy atom. The molecule has 2 heterocycles. The SMILES string of the molecule is CCCCC(N)COC(=O)N(Cc1ccsc1)Cc1ccsc1. The first-order valence-electron chi connectivity index (χ1n) is 7.88. The van der Waals surface area contributed by atoms with Gasteiger partial charge in [0.05, 0.1) is 13.1 Å². The van der Waals surface area contributed by atoms with Crippen molar-refractivity contribution in [2.45, 2.75) is 45.3 Å². The van der Waals surface area contributed by atoms with Crippen molar-refractivity contribution in [3.8, 4) is 0 Å². The third-order valence-corrected chi connectivity index (χ3v) is 4.98. The van der Waals surface area contributed by atoms with Crippen LogP contribution in [0.1, 0.15) is 37.3 Å². The molecule has 0 aromatic carbocycles. The van der Waals surface area contributed by atoms with E-state index in [1.54, 1.807) is 27.6 Å². The number of rotatable bonds is 9. The molecule has 126 valence electrons. The molecular weight excluding hydrogens is 328 g/mol. The number of unbranched alkanes of at least 4 members (excludes halogenated alkanes) is 1. The fraction of sp³-hybridized carbons (Fsp3) is 0.471. The van der Waals surface area contributed by atoms with E-state index in [2.05, 4.69) is 17.7 Å². The standard InChI is InChI=1S/C17H24N2O2S2/c1-2-3-4-16(18)11-21-17(20)19(9-14-5-7-22-12-14)10-15-6-8-23-13-15/h5-8,12-13,16H,2-4,9-11,18H2,1H3. The second-order valence-electron chi connectivity index (χ2n) is 5.60. The molecule has 1 atom stereocenters. The van der Waals surface area contributed by atoms with Gasteiger partial charge in [-0.15, -0.1) is 0 Å². The lowest BCUT2D eigenvalue weighted by Crippen LogP contribution is -2.34. The monoisotopic (exact) mass is 352 g/mol. The summed E-state index contributed by atoms with van der Waals surface area (Å²) in [5, 5.41) is 8.15. The van der Waals surface area contributed by atoms with Crippen molar-refractivity contribution in [1.82, 2.24) is 4.90 Å².